The summed E-state index contributed by atoms with van der Waals surface area (Å²) >= 11 is 0. The second-order valence-corrected chi connectivity index (χ2v) is 7.34. The molecule has 3 saturated heterocycles. The Morgan fingerprint density at radius 2 is 2.09 bits per heavy atom. The fraction of sp³-hybridized carbons (Fsp3) is 0.938. The number of carbonyl (C=O) groups excluding carboxylic acids is 1. The molecule has 0 bridgehead atoms. The predicted molar refractivity (Wildman–Crippen MR) is 81.7 cm³/mol. The smallest absolute Gasteiger partial charge is 0.248 e. The zero-order valence-corrected chi connectivity index (χ0v) is 13.5. The van der Waals surface area contributed by atoms with Crippen molar-refractivity contribution in [2.45, 2.75) is 36.9 Å². The van der Waals surface area contributed by atoms with E-state index >= 15 is 0 Å². The van der Waals surface area contributed by atoms with E-state index in [4.69, 9.17) is 9.47 Å². The molecule has 4 aliphatic rings. The van der Waals surface area contributed by atoms with Crippen molar-refractivity contribution >= 4 is 5.91 Å². The molecule has 1 atom stereocenters. The molecule has 0 radical (unpaired) electrons. The zero-order valence-electron chi connectivity index (χ0n) is 13.5. The van der Waals surface area contributed by atoms with Gasteiger partial charge in [0.1, 0.15) is 6.61 Å². The fourth-order valence-corrected chi connectivity index (χ4v) is 4.60. The van der Waals surface area contributed by atoms with Crippen LogP contribution in [0.3, 0.4) is 0 Å². The van der Waals surface area contributed by atoms with E-state index in [0.29, 0.717) is 6.04 Å². The lowest BCUT2D eigenvalue weighted by Crippen LogP contribution is -2.82. The number of rotatable bonds is 3. The quantitative estimate of drug-likeness (QED) is 0.721. The summed E-state index contributed by atoms with van der Waals surface area (Å²) in [5.74, 6) is 0.120. The van der Waals surface area contributed by atoms with Gasteiger partial charge < -0.3 is 14.4 Å². The van der Waals surface area contributed by atoms with Gasteiger partial charge >= 0.3 is 0 Å². The van der Waals surface area contributed by atoms with Crippen LogP contribution in [0.1, 0.15) is 19.3 Å². The van der Waals surface area contributed by atoms with Crippen LogP contribution < -0.4 is 0 Å². The Hall–Kier alpha value is -0.690. The number of fused-ring (bicyclic) bond motifs is 2. The maximum atomic E-state index is 12.3. The number of morpholine rings is 1. The number of hydrogen-bond donors (Lipinski definition) is 0. The summed E-state index contributed by atoms with van der Waals surface area (Å²) in [7, 11) is 1.59. The van der Waals surface area contributed by atoms with Gasteiger partial charge in [0.25, 0.3) is 0 Å². The second-order valence-electron chi connectivity index (χ2n) is 7.34. The average molecular weight is 309 g/mol. The van der Waals surface area contributed by atoms with Crippen LogP contribution in [0.25, 0.3) is 0 Å². The Bertz CT molecular complexity index is 434. The average Bonchev–Trinajstić information content (AvgIpc) is 2.43. The molecule has 0 aromatic carbocycles. The molecule has 1 saturated carbocycles. The third-order valence-corrected chi connectivity index (χ3v) is 5.96. The minimum Gasteiger partial charge on any atom is -0.378 e. The van der Waals surface area contributed by atoms with Crippen molar-refractivity contribution in [3.8, 4) is 0 Å². The van der Waals surface area contributed by atoms with E-state index in [9.17, 15) is 4.79 Å². The first kappa shape index (κ1) is 14.9. The molecule has 22 heavy (non-hydrogen) atoms. The van der Waals surface area contributed by atoms with Gasteiger partial charge in [0, 0.05) is 45.9 Å². The lowest BCUT2D eigenvalue weighted by Gasteiger charge is -2.65. The highest BCUT2D eigenvalue weighted by atomic mass is 16.5. The molecule has 1 unspecified atom stereocenters. The fourth-order valence-electron chi connectivity index (χ4n) is 4.60. The van der Waals surface area contributed by atoms with Crippen LogP contribution >= 0.6 is 0 Å². The molecule has 4 rings (SSSR count). The molecule has 6 nitrogen and oxygen atoms in total. The first-order valence-electron chi connectivity index (χ1n) is 8.57. The number of amides is 1. The van der Waals surface area contributed by atoms with Crippen LogP contribution in [0.4, 0.5) is 0 Å². The molecule has 1 amide bonds. The zero-order chi connectivity index (χ0) is 15.2. The highest BCUT2D eigenvalue weighted by Gasteiger charge is 2.56. The molecule has 1 aliphatic carbocycles. The Kier molecular flexibility index (Phi) is 3.88. The normalized spacial score (nSPS) is 32.4. The van der Waals surface area contributed by atoms with Crippen LogP contribution in [0, 0.1) is 0 Å². The summed E-state index contributed by atoms with van der Waals surface area (Å²) in [6.07, 6.45) is 4.09. The van der Waals surface area contributed by atoms with E-state index in [1.54, 1.807) is 7.11 Å². The van der Waals surface area contributed by atoms with Crippen LogP contribution in [0.2, 0.25) is 0 Å². The molecule has 0 aromatic rings. The predicted octanol–water partition coefficient (Wildman–Crippen LogP) is -0.217. The Labute approximate surface area is 132 Å². The molecule has 4 fully saturated rings. The largest absolute Gasteiger partial charge is 0.378 e. The maximum Gasteiger partial charge on any atom is 0.248 e. The topological polar surface area (TPSA) is 45.2 Å². The summed E-state index contributed by atoms with van der Waals surface area (Å²) in [5, 5.41) is 0. The van der Waals surface area contributed by atoms with Crippen molar-refractivity contribution in [2.75, 3.05) is 59.7 Å². The Morgan fingerprint density at radius 3 is 2.77 bits per heavy atom. The van der Waals surface area contributed by atoms with E-state index in [1.165, 1.54) is 19.3 Å². The number of ether oxygens (including phenoxy) is 2. The Balaban J connectivity index is 1.48. The number of methoxy groups -OCH3 is 1. The van der Waals surface area contributed by atoms with Gasteiger partial charge in [-0.3, -0.25) is 14.6 Å². The van der Waals surface area contributed by atoms with Gasteiger partial charge in [0.05, 0.1) is 24.8 Å². The number of nitrogens with zero attached hydrogens (tertiary/aromatic N) is 3. The minimum atomic E-state index is 0.120. The SMILES string of the molecule is COCC(=O)N1CC2COCCN2C2(C1)CN(C1CCC1)C2. The lowest BCUT2D eigenvalue weighted by atomic mass is 9.78. The molecule has 6 heteroatoms. The minimum absolute atomic E-state index is 0.120. The highest BCUT2D eigenvalue weighted by molar-refractivity contribution is 5.77. The third kappa shape index (κ3) is 2.37. The number of carbonyl (C=O) groups is 1. The van der Waals surface area contributed by atoms with Gasteiger partial charge in [0.2, 0.25) is 5.91 Å². The van der Waals surface area contributed by atoms with Crippen LogP contribution in [0.15, 0.2) is 0 Å². The van der Waals surface area contributed by atoms with Gasteiger partial charge in [0.15, 0.2) is 0 Å². The van der Waals surface area contributed by atoms with Gasteiger partial charge in [-0.05, 0) is 12.8 Å². The second kappa shape index (κ2) is 5.74. The molecule has 1 spiro atoms. The first-order chi connectivity index (χ1) is 10.7. The van der Waals surface area contributed by atoms with Crippen LogP contribution in [-0.2, 0) is 14.3 Å². The summed E-state index contributed by atoms with van der Waals surface area (Å²) in [6, 6.07) is 1.15. The molecular weight excluding hydrogens is 282 g/mol. The third-order valence-electron chi connectivity index (χ3n) is 5.96. The lowest BCUT2D eigenvalue weighted by molar-refractivity contribution is -0.185. The molecule has 3 heterocycles. The van der Waals surface area contributed by atoms with E-state index in [-0.39, 0.29) is 18.1 Å². The number of likely N-dealkylation sites (tertiary alicyclic amines) is 1. The van der Waals surface area contributed by atoms with Gasteiger partial charge in [-0.1, -0.05) is 6.42 Å². The van der Waals surface area contributed by atoms with Crippen molar-refractivity contribution in [3.05, 3.63) is 0 Å². The van der Waals surface area contributed by atoms with E-state index in [0.717, 1.165) is 52.0 Å². The first-order valence-corrected chi connectivity index (χ1v) is 8.57. The van der Waals surface area contributed by atoms with Crippen LogP contribution in [-0.4, -0.2) is 97.9 Å². The molecular formula is C16H27N3O3. The van der Waals surface area contributed by atoms with Gasteiger partial charge in [-0.2, -0.15) is 0 Å². The van der Waals surface area contributed by atoms with Gasteiger partial charge in [-0.15, -0.1) is 0 Å². The summed E-state index contributed by atoms with van der Waals surface area (Å²) in [6.45, 7) is 6.65. The van der Waals surface area contributed by atoms with E-state index in [1.807, 2.05) is 4.90 Å². The summed E-state index contributed by atoms with van der Waals surface area (Å²) < 4.78 is 10.7. The molecule has 0 aromatic heterocycles. The van der Waals surface area contributed by atoms with Crippen molar-refractivity contribution in [1.82, 2.24) is 14.7 Å². The molecule has 124 valence electrons. The number of hydrogen-bond acceptors (Lipinski definition) is 5. The maximum absolute atomic E-state index is 12.3. The highest BCUT2D eigenvalue weighted by Crippen LogP contribution is 2.40. The molecule has 0 N–H and O–H groups in total. The molecule has 3 aliphatic heterocycles. The van der Waals surface area contributed by atoms with Crippen molar-refractivity contribution in [1.29, 1.82) is 0 Å². The van der Waals surface area contributed by atoms with Crippen LogP contribution in [0.5, 0.6) is 0 Å². The van der Waals surface area contributed by atoms with Crippen molar-refractivity contribution < 1.29 is 14.3 Å². The van der Waals surface area contributed by atoms with Gasteiger partial charge in [-0.25, -0.2) is 0 Å². The summed E-state index contributed by atoms with van der Waals surface area (Å²) in [4.78, 5) is 19.6. The summed E-state index contributed by atoms with van der Waals surface area (Å²) in [5.41, 5.74) is 0.158. The van der Waals surface area contributed by atoms with E-state index in [2.05, 4.69) is 9.80 Å². The Morgan fingerprint density at radius 1 is 1.27 bits per heavy atom. The van der Waals surface area contributed by atoms with Crippen molar-refractivity contribution in [2.24, 2.45) is 0 Å². The van der Waals surface area contributed by atoms with Crippen molar-refractivity contribution in [3.63, 3.8) is 0 Å². The number of piperazine rings is 1. The standard InChI is InChI=1S/C16H27N3O3/c1-21-9-15(20)17-7-14-8-22-6-5-19(14)16(10-17)11-18(12-16)13-3-2-4-13/h13-14H,2-12H2,1H3. The monoisotopic (exact) mass is 309 g/mol. The van der Waals surface area contributed by atoms with E-state index < -0.39 is 0 Å².